The van der Waals surface area contributed by atoms with Crippen LogP contribution in [0.3, 0.4) is 0 Å². The van der Waals surface area contributed by atoms with Crippen LogP contribution in [0.1, 0.15) is 51.0 Å². The van der Waals surface area contributed by atoms with Crippen molar-refractivity contribution in [1.29, 1.82) is 0 Å². The molecule has 1 unspecified atom stereocenters. The summed E-state index contributed by atoms with van der Waals surface area (Å²) in [5, 5.41) is 0. The molecule has 0 spiro atoms. The highest BCUT2D eigenvalue weighted by atomic mass is 32.2. The monoisotopic (exact) mass is 256 g/mol. The second-order valence-electron chi connectivity index (χ2n) is 4.44. The van der Waals surface area contributed by atoms with Crippen molar-refractivity contribution in [2.45, 2.75) is 50.3 Å². The van der Waals surface area contributed by atoms with Crippen molar-refractivity contribution in [2.75, 3.05) is 0 Å². The van der Waals surface area contributed by atoms with Crippen LogP contribution in [0.25, 0.3) is 0 Å². The van der Waals surface area contributed by atoms with E-state index in [1.54, 1.807) is 12.1 Å². The Hall–Kier alpha value is -0.870. The maximum absolute atomic E-state index is 10.9. The van der Waals surface area contributed by atoms with E-state index in [9.17, 15) is 8.42 Å². The van der Waals surface area contributed by atoms with E-state index in [1.807, 2.05) is 0 Å². The van der Waals surface area contributed by atoms with Crippen molar-refractivity contribution in [3.05, 3.63) is 29.8 Å². The molecule has 17 heavy (non-hydrogen) atoms. The molecular weight excluding hydrogens is 236 g/mol. The molecule has 1 N–H and O–H groups in total. The minimum Gasteiger partial charge on any atom is -0.282 e. The maximum Gasteiger partial charge on any atom is 0.294 e. The molecule has 0 fully saturated rings. The maximum atomic E-state index is 10.9. The van der Waals surface area contributed by atoms with Crippen molar-refractivity contribution >= 4 is 10.1 Å². The van der Waals surface area contributed by atoms with Gasteiger partial charge >= 0.3 is 0 Å². The third-order valence-corrected chi connectivity index (χ3v) is 3.86. The molecule has 4 heteroatoms. The lowest BCUT2D eigenvalue weighted by atomic mass is 9.95. The van der Waals surface area contributed by atoms with E-state index in [2.05, 4.69) is 13.8 Å². The molecule has 0 aromatic heterocycles. The Balaban J connectivity index is 2.67. The molecule has 0 heterocycles. The summed E-state index contributed by atoms with van der Waals surface area (Å²) in [6.45, 7) is 4.31. The van der Waals surface area contributed by atoms with Gasteiger partial charge in [-0.2, -0.15) is 8.42 Å². The van der Waals surface area contributed by atoms with Crippen LogP contribution in [0.5, 0.6) is 0 Å². The van der Waals surface area contributed by atoms with E-state index < -0.39 is 10.1 Å². The zero-order valence-corrected chi connectivity index (χ0v) is 11.2. The molecular formula is C13H20O3S. The highest BCUT2D eigenvalue weighted by molar-refractivity contribution is 7.85. The molecule has 0 saturated heterocycles. The fourth-order valence-corrected chi connectivity index (χ4v) is 2.32. The van der Waals surface area contributed by atoms with Gasteiger partial charge in [-0.15, -0.1) is 0 Å². The molecule has 96 valence electrons. The topological polar surface area (TPSA) is 54.4 Å². The van der Waals surface area contributed by atoms with E-state index in [-0.39, 0.29) is 4.90 Å². The Labute approximate surface area is 104 Å². The first-order chi connectivity index (χ1) is 7.95. The molecule has 0 radical (unpaired) electrons. The van der Waals surface area contributed by atoms with Crippen LogP contribution in [0.2, 0.25) is 0 Å². The smallest absolute Gasteiger partial charge is 0.282 e. The summed E-state index contributed by atoms with van der Waals surface area (Å²) in [6, 6.07) is 6.47. The van der Waals surface area contributed by atoms with Gasteiger partial charge in [0, 0.05) is 0 Å². The highest BCUT2D eigenvalue weighted by Crippen LogP contribution is 2.23. The lowest BCUT2D eigenvalue weighted by Crippen LogP contribution is -1.99. The molecule has 0 aliphatic heterocycles. The van der Waals surface area contributed by atoms with Gasteiger partial charge in [-0.3, -0.25) is 4.55 Å². The van der Waals surface area contributed by atoms with Crippen LogP contribution in [0, 0.1) is 0 Å². The van der Waals surface area contributed by atoms with Crippen LogP contribution in [-0.4, -0.2) is 13.0 Å². The quantitative estimate of drug-likeness (QED) is 0.624. The Bertz CT molecular complexity index is 434. The van der Waals surface area contributed by atoms with Gasteiger partial charge in [-0.25, -0.2) is 0 Å². The molecule has 1 atom stereocenters. The van der Waals surface area contributed by atoms with Crippen molar-refractivity contribution in [3.8, 4) is 0 Å². The molecule has 1 aromatic rings. The third kappa shape index (κ3) is 4.48. The van der Waals surface area contributed by atoms with Crippen LogP contribution in [-0.2, 0) is 10.1 Å². The van der Waals surface area contributed by atoms with Gasteiger partial charge in [-0.05, 0) is 30.0 Å². The average molecular weight is 256 g/mol. The lowest BCUT2D eigenvalue weighted by Gasteiger charge is -2.11. The second kappa shape index (κ2) is 6.17. The average Bonchev–Trinajstić information content (AvgIpc) is 2.28. The standard InChI is InChI=1S/C13H20O3S/c1-3-4-5-6-11(2)12-7-9-13(10-8-12)17(14,15)16/h7-11H,3-6H2,1-2H3,(H,14,15,16). The van der Waals surface area contributed by atoms with Gasteiger partial charge in [0.1, 0.15) is 0 Å². The molecule has 1 rings (SSSR count). The van der Waals surface area contributed by atoms with Crippen LogP contribution in [0.15, 0.2) is 29.2 Å². The normalized spacial score (nSPS) is 13.6. The predicted molar refractivity (Wildman–Crippen MR) is 68.8 cm³/mol. The summed E-state index contributed by atoms with van der Waals surface area (Å²) >= 11 is 0. The van der Waals surface area contributed by atoms with Gasteiger partial charge in [0.25, 0.3) is 10.1 Å². The van der Waals surface area contributed by atoms with Gasteiger partial charge in [0.05, 0.1) is 4.90 Å². The minimum atomic E-state index is -4.07. The molecule has 1 aromatic carbocycles. The van der Waals surface area contributed by atoms with Gasteiger partial charge in [0.2, 0.25) is 0 Å². The lowest BCUT2D eigenvalue weighted by molar-refractivity contribution is 0.483. The zero-order valence-electron chi connectivity index (χ0n) is 10.4. The van der Waals surface area contributed by atoms with Crippen molar-refractivity contribution in [2.24, 2.45) is 0 Å². The van der Waals surface area contributed by atoms with Crippen LogP contribution < -0.4 is 0 Å². The molecule has 0 bridgehead atoms. The Morgan fingerprint density at radius 2 is 1.76 bits per heavy atom. The summed E-state index contributed by atoms with van der Waals surface area (Å²) in [4.78, 5) is -0.0398. The fourth-order valence-electron chi connectivity index (χ4n) is 1.84. The summed E-state index contributed by atoms with van der Waals surface area (Å²) in [7, 11) is -4.07. The van der Waals surface area contributed by atoms with E-state index in [4.69, 9.17) is 4.55 Å². The molecule has 0 saturated carbocycles. The van der Waals surface area contributed by atoms with Crippen molar-refractivity contribution in [1.82, 2.24) is 0 Å². The molecule has 0 aliphatic carbocycles. The number of hydrogen-bond donors (Lipinski definition) is 1. The number of unbranched alkanes of at least 4 members (excludes halogenated alkanes) is 2. The van der Waals surface area contributed by atoms with Crippen LogP contribution >= 0.6 is 0 Å². The number of benzene rings is 1. The van der Waals surface area contributed by atoms with E-state index in [0.29, 0.717) is 5.92 Å². The predicted octanol–water partition coefficient (Wildman–Crippen LogP) is 3.62. The minimum absolute atomic E-state index is 0.0398. The summed E-state index contributed by atoms with van der Waals surface area (Å²) in [5.41, 5.74) is 1.12. The summed E-state index contributed by atoms with van der Waals surface area (Å²) in [6.07, 6.45) is 4.73. The first kappa shape index (κ1) is 14.2. The summed E-state index contributed by atoms with van der Waals surface area (Å²) < 4.78 is 30.6. The summed E-state index contributed by atoms with van der Waals surface area (Å²) in [5.74, 6) is 0.428. The Morgan fingerprint density at radius 3 is 2.24 bits per heavy atom. The van der Waals surface area contributed by atoms with Crippen LogP contribution in [0.4, 0.5) is 0 Å². The SMILES string of the molecule is CCCCCC(C)c1ccc(S(=O)(=O)O)cc1. The fraction of sp³-hybridized carbons (Fsp3) is 0.538. The first-order valence-corrected chi connectivity index (χ1v) is 7.46. The molecule has 3 nitrogen and oxygen atoms in total. The highest BCUT2D eigenvalue weighted by Gasteiger charge is 2.10. The van der Waals surface area contributed by atoms with E-state index in [0.717, 1.165) is 12.0 Å². The second-order valence-corrected chi connectivity index (χ2v) is 5.86. The van der Waals surface area contributed by atoms with E-state index >= 15 is 0 Å². The third-order valence-electron chi connectivity index (χ3n) is 2.99. The van der Waals surface area contributed by atoms with Crippen molar-refractivity contribution in [3.63, 3.8) is 0 Å². The largest absolute Gasteiger partial charge is 0.294 e. The van der Waals surface area contributed by atoms with Crippen molar-refractivity contribution < 1.29 is 13.0 Å². The van der Waals surface area contributed by atoms with Gasteiger partial charge < -0.3 is 0 Å². The molecule has 0 aliphatic rings. The Morgan fingerprint density at radius 1 is 1.18 bits per heavy atom. The van der Waals surface area contributed by atoms with Gasteiger partial charge in [-0.1, -0.05) is 45.2 Å². The zero-order chi connectivity index (χ0) is 12.9. The molecule has 0 amide bonds. The van der Waals surface area contributed by atoms with Gasteiger partial charge in [0.15, 0.2) is 0 Å². The van der Waals surface area contributed by atoms with E-state index in [1.165, 1.54) is 31.4 Å². The number of rotatable bonds is 6. The number of hydrogen-bond acceptors (Lipinski definition) is 2. The Kier molecular flexibility index (Phi) is 5.15. The first-order valence-electron chi connectivity index (χ1n) is 6.02.